The summed E-state index contributed by atoms with van der Waals surface area (Å²) in [6.45, 7) is 4.12. The number of hydrogen-bond acceptors (Lipinski definition) is 8. The summed E-state index contributed by atoms with van der Waals surface area (Å²) in [5.74, 6) is -0.502. The van der Waals surface area contributed by atoms with Gasteiger partial charge in [0.05, 0.1) is 17.8 Å². The number of hydrazone groups is 1. The number of fused-ring (bicyclic) bond motifs is 1. The fraction of sp³-hybridized carbons (Fsp3) is 0.241. The van der Waals surface area contributed by atoms with Gasteiger partial charge in [0.25, 0.3) is 5.91 Å². The molecular weight excluding hydrogens is 552 g/mol. The summed E-state index contributed by atoms with van der Waals surface area (Å²) in [4.78, 5) is 36.7. The molecule has 0 unspecified atom stereocenters. The fourth-order valence-electron chi connectivity index (χ4n) is 3.75. The molecule has 41 heavy (non-hydrogen) atoms. The van der Waals surface area contributed by atoms with E-state index in [-0.39, 0.29) is 42.4 Å². The number of benzene rings is 3. The van der Waals surface area contributed by atoms with Crippen LogP contribution in [0.15, 0.2) is 59.7 Å². The van der Waals surface area contributed by atoms with Gasteiger partial charge in [-0.25, -0.2) is 5.43 Å². The molecule has 0 bridgehead atoms. The van der Waals surface area contributed by atoms with Crippen molar-refractivity contribution in [2.75, 3.05) is 25.3 Å². The first-order chi connectivity index (χ1) is 19.9. The minimum Gasteiger partial charge on any atom is -0.490 e. The van der Waals surface area contributed by atoms with Gasteiger partial charge in [-0.05, 0) is 66.4 Å². The number of rotatable bonds is 11. The van der Waals surface area contributed by atoms with Gasteiger partial charge >= 0.3 is 11.8 Å². The molecule has 3 amide bonds. The molecule has 0 spiro atoms. The van der Waals surface area contributed by atoms with E-state index in [1.165, 1.54) is 12.3 Å². The molecular formula is C29H29ClN4O7. The van der Waals surface area contributed by atoms with Gasteiger partial charge in [0.2, 0.25) is 6.79 Å². The zero-order valence-corrected chi connectivity index (χ0v) is 23.2. The number of anilines is 1. The molecule has 3 N–H and O–H groups in total. The Morgan fingerprint density at radius 3 is 2.46 bits per heavy atom. The lowest BCUT2D eigenvalue weighted by Gasteiger charge is -2.14. The highest BCUT2D eigenvalue weighted by Gasteiger charge is 2.17. The molecule has 0 atom stereocenters. The second kappa shape index (κ2) is 14.0. The SMILES string of the molecule is CCOc1cc(/C=N\NC(=O)C(=O)NCc2ccc3c(c2)OCO3)cc(Cl)c1OCC(=O)Nc1ccc(CC)cc1. The molecule has 214 valence electrons. The van der Waals surface area contributed by atoms with Gasteiger partial charge in [0.15, 0.2) is 29.6 Å². The van der Waals surface area contributed by atoms with Crippen molar-refractivity contribution in [3.63, 3.8) is 0 Å². The van der Waals surface area contributed by atoms with E-state index in [2.05, 4.69) is 28.1 Å². The van der Waals surface area contributed by atoms with Gasteiger partial charge in [0, 0.05) is 12.2 Å². The van der Waals surface area contributed by atoms with Crippen molar-refractivity contribution in [1.82, 2.24) is 10.7 Å². The van der Waals surface area contributed by atoms with Crippen LogP contribution in [0.1, 0.15) is 30.5 Å². The zero-order valence-electron chi connectivity index (χ0n) is 22.5. The van der Waals surface area contributed by atoms with Crippen LogP contribution in [-0.2, 0) is 27.3 Å². The minimum atomic E-state index is -0.951. The molecule has 0 aromatic heterocycles. The van der Waals surface area contributed by atoms with E-state index in [0.29, 0.717) is 29.4 Å². The van der Waals surface area contributed by atoms with Crippen molar-refractivity contribution in [2.45, 2.75) is 26.8 Å². The Labute approximate surface area is 241 Å². The quantitative estimate of drug-likeness (QED) is 0.178. The second-order valence-electron chi connectivity index (χ2n) is 8.72. The van der Waals surface area contributed by atoms with Crippen LogP contribution >= 0.6 is 11.6 Å². The Hall–Kier alpha value is -4.77. The van der Waals surface area contributed by atoms with Crippen molar-refractivity contribution in [2.24, 2.45) is 5.10 Å². The Balaban J connectivity index is 1.30. The summed E-state index contributed by atoms with van der Waals surface area (Å²) in [5.41, 5.74) is 5.19. The molecule has 1 heterocycles. The van der Waals surface area contributed by atoms with Crippen LogP contribution in [0.5, 0.6) is 23.0 Å². The van der Waals surface area contributed by atoms with Gasteiger partial charge in [-0.1, -0.05) is 36.7 Å². The third kappa shape index (κ3) is 8.12. The number of aryl methyl sites for hydroxylation is 1. The van der Waals surface area contributed by atoms with Crippen molar-refractivity contribution in [1.29, 1.82) is 0 Å². The lowest BCUT2D eigenvalue weighted by Crippen LogP contribution is -2.37. The van der Waals surface area contributed by atoms with Gasteiger partial charge < -0.3 is 29.6 Å². The maximum atomic E-state index is 12.4. The summed E-state index contributed by atoms with van der Waals surface area (Å²) >= 11 is 6.41. The molecule has 1 aliphatic rings. The topological polar surface area (TPSA) is 137 Å². The molecule has 0 aliphatic carbocycles. The van der Waals surface area contributed by atoms with Crippen LogP contribution < -0.4 is 35.0 Å². The number of amides is 3. The Bertz CT molecular complexity index is 1440. The molecule has 3 aromatic rings. The fourth-order valence-corrected chi connectivity index (χ4v) is 4.03. The second-order valence-corrected chi connectivity index (χ2v) is 9.13. The standard InChI is InChI=1S/C29H29ClN4O7/c1-3-18-5-8-21(9-6-18)33-26(35)16-39-27-22(30)11-20(13-25(27)38-4-2)15-32-34-29(37)28(36)31-14-19-7-10-23-24(12-19)41-17-40-23/h5-13,15H,3-4,14,16-17H2,1-2H3,(H,31,36)(H,33,35)(H,34,37)/b32-15-. The third-order valence-electron chi connectivity index (χ3n) is 5.80. The van der Waals surface area contributed by atoms with Crippen LogP contribution in [0.25, 0.3) is 0 Å². The zero-order chi connectivity index (χ0) is 29.2. The van der Waals surface area contributed by atoms with Gasteiger partial charge in [0.1, 0.15) is 0 Å². The lowest BCUT2D eigenvalue weighted by atomic mass is 10.1. The number of nitrogens with one attached hydrogen (secondary N) is 3. The van der Waals surface area contributed by atoms with E-state index in [0.717, 1.165) is 17.5 Å². The van der Waals surface area contributed by atoms with E-state index in [9.17, 15) is 14.4 Å². The maximum Gasteiger partial charge on any atom is 0.329 e. The molecule has 3 aromatic carbocycles. The van der Waals surface area contributed by atoms with Gasteiger partial charge in [-0.15, -0.1) is 0 Å². The van der Waals surface area contributed by atoms with E-state index in [1.807, 2.05) is 24.3 Å². The van der Waals surface area contributed by atoms with Crippen LogP contribution in [0.3, 0.4) is 0 Å². The molecule has 1 aliphatic heterocycles. The summed E-state index contributed by atoms with van der Waals surface area (Å²) in [6, 6.07) is 15.9. The molecule has 0 saturated heterocycles. The normalized spacial score (nSPS) is 11.7. The van der Waals surface area contributed by atoms with E-state index >= 15 is 0 Å². The van der Waals surface area contributed by atoms with Crippen molar-refractivity contribution >= 4 is 41.2 Å². The Morgan fingerprint density at radius 2 is 1.71 bits per heavy atom. The number of carbonyl (C=O) groups is 3. The Morgan fingerprint density at radius 1 is 0.951 bits per heavy atom. The largest absolute Gasteiger partial charge is 0.490 e. The Kier molecular flexibility index (Phi) is 10.0. The smallest absolute Gasteiger partial charge is 0.329 e. The summed E-state index contributed by atoms with van der Waals surface area (Å²) in [6.07, 6.45) is 2.20. The van der Waals surface area contributed by atoms with E-state index in [4.69, 9.17) is 30.5 Å². The number of hydrogen-bond donors (Lipinski definition) is 3. The predicted octanol–water partition coefficient (Wildman–Crippen LogP) is 3.81. The van der Waals surface area contributed by atoms with Crippen molar-refractivity contribution in [3.05, 3.63) is 76.3 Å². The van der Waals surface area contributed by atoms with Crippen LogP contribution in [0.4, 0.5) is 5.69 Å². The van der Waals surface area contributed by atoms with Crippen LogP contribution in [0.2, 0.25) is 5.02 Å². The maximum absolute atomic E-state index is 12.4. The number of halogens is 1. The summed E-state index contributed by atoms with van der Waals surface area (Å²) < 4.78 is 21.9. The average Bonchev–Trinajstić information content (AvgIpc) is 3.44. The first kappa shape index (κ1) is 29.2. The molecule has 0 fully saturated rings. The molecule has 12 heteroatoms. The monoisotopic (exact) mass is 580 g/mol. The van der Waals surface area contributed by atoms with Crippen molar-refractivity contribution in [3.8, 4) is 23.0 Å². The van der Waals surface area contributed by atoms with E-state index < -0.39 is 11.8 Å². The van der Waals surface area contributed by atoms with Crippen LogP contribution in [0, 0.1) is 0 Å². The third-order valence-corrected chi connectivity index (χ3v) is 6.08. The summed E-state index contributed by atoms with van der Waals surface area (Å²) in [5, 5.41) is 9.28. The highest BCUT2D eigenvalue weighted by atomic mass is 35.5. The summed E-state index contributed by atoms with van der Waals surface area (Å²) in [7, 11) is 0. The predicted molar refractivity (Wildman–Crippen MR) is 153 cm³/mol. The number of nitrogens with zero attached hydrogens (tertiary/aromatic N) is 1. The lowest BCUT2D eigenvalue weighted by molar-refractivity contribution is -0.139. The van der Waals surface area contributed by atoms with Crippen LogP contribution in [-0.4, -0.2) is 43.9 Å². The van der Waals surface area contributed by atoms with E-state index in [1.54, 1.807) is 31.2 Å². The average molecular weight is 581 g/mol. The van der Waals surface area contributed by atoms with Crippen molar-refractivity contribution < 1.29 is 33.3 Å². The first-order valence-corrected chi connectivity index (χ1v) is 13.2. The molecule has 4 rings (SSSR count). The van der Waals surface area contributed by atoms with Gasteiger partial charge in [-0.3, -0.25) is 14.4 Å². The minimum absolute atomic E-state index is 0.116. The molecule has 11 nitrogen and oxygen atoms in total. The van der Waals surface area contributed by atoms with Gasteiger partial charge in [-0.2, -0.15) is 5.10 Å². The first-order valence-electron chi connectivity index (χ1n) is 12.8. The number of ether oxygens (including phenoxy) is 4. The number of carbonyl (C=O) groups excluding carboxylic acids is 3. The highest BCUT2D eigenvalue weighted by molar-refractivity contribution is 6.35. The molecule has 0 saturated carbocycles. The molecule has 0 radical (unpaired) electrons. The highest BCUT2D eigenvalue weighted by Crippen LogP contribution is 2.36.